The Labute approximate surface area is 87.6 Å². The van der Waals surface area contributed by atoms with Gasteiger partial charge in [0.15, 0.2) is 0 Å². The topological polar surface area (TPSA) is 35.5 Å². The minimum atomic E-state index is -4.24. The van der Waals surface area contributed by atoms with Gasteiger partial charge < -0.3 is 10.4 Å². The van der Waals surface area contributed by atoms with Crippen molar-refractivity contribution in [2.75, 3.05) is 39.8 Å². The molecule has 0 aliphatic carbocycles. The number of nitrogens with one attached hydrogen (secondary N) is 1. The summed E-state index contributed by atoms with van der Waals surface area (Å²) in [4.78, 5) is 1.12. The standard InChI is InChI=1S/C9H17F3N2O/c1-8(5-13-2)6-14(3-4-15)7-9(10,11)12/h13,15H,1,3-7H2,2H3. The largest absolute Gasteiger partial charge is 0.401 e. The Morgan fingerprint density at radius 3 is 2.47 bits per heavy atom. The summed E-state index contributed by atoms with van der Waals surface area (Å²) in [7, 11) is 1.70. The molecule has 0 amide bonds. The van der Waals surface area contributed by atoms with Gasteiger partial charge >= 0.3 is 6.18 Å². The smallest absolute Gasteiger partial charge is 0.395 e. The van der Waals surface area contributed by atoms with Crippen LogP contribution in [0.15, 0.2) is 12.2 Å². The number of rotatable bonds is 7. The molecule has 0 fully saturated rings. The Hall–Kier alpha value is -0.590. The SMILES string of the molecule is C=C(CNC)CN(CCO)CC(F)(F)F. The Morgan fingerprint density at radius 2 is 2.07 bits per heavy atom. The molecular weight excluding hydrogens is 209 g/mol. The van der Waals surface area contributed by atoms with Crippen molar-refractivity contribution in [2.45, 2.75) is 6.18 Å². The van der Waals surface area contributed by atoms with Gasteiger partial charge in [-0.2, -0.15) is 13.2 Å². The number of nitrogens with zero attached hydrogens (tertiary/aromatic N) is 1. The highest BCUT2D eigenvalue weighted by atomic mass is 19.4. The lowest BCUT2D eigenvalue weighted by molar-refractivity contribution is -0.145. The van der Waals surface area contributed by atoms with Crippen LogP contribution in [0.5, 0.6) is 0 Å². The Kier molecular flexibility index (Phi) is 6.55. The molecule has 0 radical (unpaired) electrons. The normalized spacial score (nSPS) is 12.1. The van der Waals surface area contributed by atoms with Crippen molar-refractivity contribution in [3.05, 3.63) is 12.2 Å². The zero-order valence-corrected chi connectivity index (χ0v) is 8.77. The van der Waals surface area contributed by atoms with Crippen LogP contribution < -0.4 is 5.32 Å². The predicted octanol–water partition coefficient (Wildman–Crippen LogP) is 0.619. The summed E-state index contributed by atoms with van der Waals surface area (Å²) in [6.07, 6.45) is -4.24. The number of likely N-dealkylation sites (N-methyl/N-ethyl adjacent to an activating group) is 1. The maximum Gasteiger partial charge on any atom is 0.401 e. The summed E-state index contributed by atoms with van der Waals surface area (Å²) >= 11 is 0. The van der Waals surface area contributed by atoms with Gasteiger partial charge in [-0.3, -0.25) is 4.90 Å². The highest BCUT2D eigenvalue weighted by Crippen LogP contribution is 2.16. The van der Waals surface area contributed by atoms with Gasteiger partial charge in [0.2, 0.25) is 0 Å². The van der Waals surface area contributed by atoms with Crippen LogP contribution in [0.3, 0.4) is 0 Å². The van der Waals surface area contributed by atoms with E-state index in [1.165, 1.54) is 0 Å². The fraction of sp³-hybridized carbons (Fsp3) is 0.778. The summed E-state index contributed by atoms with van der Waals surface area (Å²) < 4.78 is 36.3. The average molecular weight is 226 g/mol. The molecule has 0 saturated carbocycles. The van der Waals surface area contributed by atoms with Crippen molar-refractivity contribution in [1.29, 1.82) is 0 Å². The monoisotopic (exact) mass is 226 g/mol. The first kappa shape index (κ1) is 14.4. The molecule has 0 aliphatic heterocycles. The van der Waals surface area contributed by atoms with Crippen LogP contribution in [0.4, 0.5) is 13.2 Å². The van der Waals surface area contributed by atoms with Crippen molar-refractivity contribution in [3.63, 3.8) is 0 Å². The van der Waals surface area contributed by atoms with Crippen LogP contribution in [0.25, 0.3) is 0 Å². The summed E-state index contributed by atoms with van der Waals surface area (Å²) in [6.45, 7) is 2.95. The Balaban J connectivity index is 4.09. The molecule has 0 rings (SSSR count). The van der Waals surface area contributed by atoms with E-state index in [1.54, 1.807) is 7.05 Å². The van der Waals surface area contributed by atoms with E-state index in [-0.39, 0.29) is 19.7 Å². The van der Waals surface area contributed by atoms with Gasteiger partial charge in [-0.1, -0.05) is 6.58 Å². The molecular formula is C9H17F3N2O. The quantitative estimate of drug-likeness (QED) is 0.625. The van der Waals surface area contributed by atoms with Gasteiger partial charge in [0.05, 0.1) is 13.2 Å². The van der Waals surface area contributed by atoms with Crippen LogP contribution in [-0.2, 0) is 0 Å². The van der Waals surface area contributed by atoms with Crippen molar-refractivity contribution < 1.29 is 18.3 Å². The van der Waals surface area contributed by atoms with E-state index < -0.39 is 12.7 Å². The van der Waals surface area contributed by atoms with Crippen molar-refractivity contribution in [3.8, 4) is 0 Å². The van der Waals surface area contributed by atoms with Crippen LogP contribution in [-0.4, -0.2) is 56.0 Å². The van der Waals surface area contributed by atoms with Gasteiger partial charge in [-0.15, -0.1) is 0 Å². The van der Waals surface area contributed by atoms with Gasteiger partial charge in [-0.05, 0) is 12.6 Å². The molecule has 2 N–H and O–H groups in total. The fourth-order valence-corrected chi connectivity index (χ4v) is 1.23. The molecule has 15 heavy (non-hydrogen) atoms. The Bertz CT molecular complexity index is 194. The van der Waals surface area contributed by atoms with Crippen molar-refractivity contribution >= 4 is 0 Å². The molecule has 0 atom stereocenters. The third-order valence-corrected chi connectivity index (χ3v) is 1.69. The molecule has 0 bridgehead atoms. The first-order chi connectivity index (χ1) is 6.89. The molecule has 0 aromatic heterocycles. The average Bonchev–Trinajstić information content (AvgIpc) is 2.01. The third-order valence-electron chi connectivity index (χ3n) is 1.69. The van der Waals surface area contributed by atoms with Gasteiger partial charge in [0.25, 0.3) is 0 Å². The van der Waals surface area contributed by atoms with Gasteiger partial charge in [0, 0.05) is 19.6 Å². The zero-order valence-electron chi connectivity index (χ0n) is 8.77. The molecule has 90 valence electrons. The maximum absolute atomic E-state index is 12.1. The second kappa shape index (κ2) is 6.81. The zero-order chi connectivity index (χ0) is 11.9. The molecule has 0 aromatic rings. The lowest BCUT2D eigenvalue weighted by atomic mass is 10.2. The van der Waals surface area contributed by atoms with E-state index in [9.17, 15) is 13.2 Å². The van der Waals surface area contributed by atoms with Crippen LogP contribution in [0.1, 0.15) is 0 Å². The molecule has 0 heterocycles. The summed E-state index contributed by atoms with van der Waals surface area (Å²) in [5.41, 5.74) is 0.662. The molecule has 6 heteroatoms. The van der Waals surface area contributed by atoms with E-state index in [0.29, 0.717) is 12.1 Å². The van der Waals surface area contributed by atoms with Crippen LogP contribution >= 0.6 is 0 Å². The lowest BCUT2D eigenvalue weighted by Gasteiger charge is -2.23. The molecule has 0 aliphatic rings. The number of halogens is 3. The molecule has 3 nitrogen and oxygen atoms in total. The number of hydrogen-bond acceptors (Lipinski definition) is 3. The minimum Gasteiger partial charge on any atom is -0.395 e. The third kappa shape index (κ3) is 8.41. The van der Waals surface area contributed by atoms with Crippen LogP contribution in [0.2, 0.25) is 0 Å². The fourth-order valence-electron chi connectivity index (χ4n) is 1.23. The molecule has 0 saturated heterocycles. The summed E-state index contributed by atoms with van der Waals surface area (Å²) in [5.74, 6) is 0. The summed E-state index contributed by atoms with van der Waals surface area (Å²) in [6, 6.07) is 0. The van der Waals surface area contributed by atoms with Crippen molar-refractivity contribution in [2.24, 2.45) is 0 Å². The highest BCUT2D eigenvalue weighted by Gasteiger charge is 2.30. The number of aliphatic hydroxyl groups excluding tert-OH is 1. The van der Waals surface area contributed by atoms with Crippen LogP contribution in [0, 0.1) is 0 Å². The second-order valence-electron chi connectivity index (χ2n) is 3.33. The van der Waals surface area contributed by atoms with E-state index in [2.05, 4.69) is 11.9 Å². The lowest BCUT2D eigenvalue weighted by Crippen LogP contribution is -2.38. The van der Waals surface area contributed by atoms with E-state index in [1.807, 2.05) is 0 Å². The van der Waals surface area contributed by atoms with E-state index in [0.717, 1.165) is 4.90 Å². The van der Waals surface area contributed by atoms with E-state index >= 15 is 0 Å². The first-order valence-corrected chi connectivity index (χ1v) is 4.60. The highest BCUT2D eigenvalue weighted by molar-refractivity contribution is 4.99. The second-order valence-corrected chi connectivity index (χ2v) is 3.33. The number of hydrogen-bond donors (Lipinski definition) is 2. The minimum absolute atomic E-state index is 0.00223. The van der Waals surface area contributed by atoms with Gasteiger partial charge in [0.1, 0.15) is 0 Å². The Morgan fingerprint density at radius 1 is 1.47 bits per heavy atom. The molecule has 0 aromatic carbocycles. The van der Waals surface area contributed by atoms with E-state index in [4.69, 9.17) is 5.11 Å². The molecule has 0 unspecified atom stereocenters. The first-order valence-electron chi connectivity index (χ1n) is 4.60. The maximum atomic E-state index is 12.1. The molecule has 0 spiro atoms. The number of aliphatic hydroxyl groups is 1. The summed E-state index contributed by atoms with van der Waals surface area (Å²) in [5, 5.41) is 11.4. The number of alkyl halides is 3. The van der Waals surface area contributed by atoms with Crippen molar-refractivity contribution in [1.82, 2.24) is 10.2 Å². The predicted molar refractivity (Wildman–Crippen MR) is 52.6 cm³/mol. The van der Waals surface area contributed by atoms with Gasteiger partial charge in [-0.25, -0.2) is 0 Å².